The second kappa shape index (κ2) is 3.08. The van der Waals surface area contributed by atoms with E-state index >= 15 is 0 Å². The Morgan fingerprint density at radius 3 is 2.91 bits per heavy atom. The number of rotatable bonds is 2. The molecule has 0 amide bonds. The fraction of sp³-hybridized carbons (Fsp3) is 0.286. The van der Waals surface area contributed by atoms with Gasteiger partial charge in [0.15, 0.2) is 0 Å². The van der Waals surface area contributed by atoms with Crippen molar-refractivity contribution < 1.29 is 4.42 Å². The number of nitrogen functional groups attached to an aromatic ring is 1. The third kappa shape index (κ3) is 1.51. The minimum absolute atomic E-state index is 0.220. The largest absolute Gasteiger partial charge is 0.465 e. The highest BCUT2D eigenvalue weighted by molar-refractivity contribution is 5.42. The highest BCUT2D eigenvalue weighted by atomic mass is 16.3. The highest BCUT2D eigenvalue weighted by Crippen LogP contribution is 2.21. The molecule has 1 heterocycles. The highest BCUT2D eigenvalue weighted by Gasteiger charge is 2.11. The van der Waals surface area contributed by atoms with Crippen molar-refractivity contribution in [3.8, 4) is 6.07 Å². The van der Waals surface area contributed by atoms with Gasteiger partial charge in [0.25, 0.3) is 0 Å². The van der Waals surface area contributed by atoms with Gasteiger partial charge >= 0.3 is 0 Å². The van der Waals surface area contributed by atoms with Crippen LogP contribution >= 0.6 is 0 Å². The van der Waals surface area contributed by atoms with Gasteiger partial charge in [-0.1, -0.05) is 0 Å². The molecule has 0 radical (unpaired) electrons. The van der Waals surface area contributed by atoms with Crippen molar-refractivity contribution in [3.63, 3.8) is 0 Å². The van der Waals surface area contributed by atoms with Crippen molar-refractivity contribution in [3.05, 3.63) is 18.1 Å². The summed E-state index contributed by atoms with van der Waals surface area (Å²) in [5, 5.41) is 8.31. The first-order valence-electron chi connectivity index (χ1n) is 3.21. The van der Waals surface area contributed by atoms with E-state index in [9.17, 15) is 0 Å². The molecule has 0 aliphatic heterocycles. The molecule has 0 aromatic carbocycles. The molecule has 0 spiro atoms. The minimum atomic E-state index is -0.407. The van der Waals surface area contributed by atoms with Gasteiger partial charge in [-0.3, -0.25) is 0 Å². The predicted molar refractivity (Wildman–Crippen MR) is 40.3 cm³/mol. The Hall–Kier alpha value is -1.47. The predicted octanol–water partition coefficient (Wildman–Crippen LogP) is 0.775. The molecule has 1 unspecified atom stereocenters. The summed E-state index contributed by atoms with van der Waals surface area (Å²) in [4.78, 5) is 0. The van der Waals surface area contributed by atoms with Gasteiger partial charge in [-0.15, -0.1) is 0 Å². The molecule has 4 heteroatoms. The summed E-state index contributed by atoms with van der Waals surface area (Å²) in [6, 6.07) is 3.15. The fourth-order valence-corrected chi connectivity index (χ4v) is 0.823. The first kappa shape index (κ1) is 7.63. The molecule has 4 N–H and O–H groups in total. The van der Waals surface area contributed by atoms with Crippen LogP contribution in [0.2, 0.25) is 0 Å². The van der Waals surface area contributed by atoms with E-state index in [1.54, 1.807) is 6.07 Å². The molecule has 11 heavy (non-hydrogen) atoms. The Bertz CT molecular complexity index is 273. The Labute approximate surface area is 64.4 Å². The Morgan fingerprint density at radius 2 is 2.45 bits per heavy atom. The van der Waals surface area contributed by atoms with Gasteiger partial charge in [-0.2, -0.15) is 5.26 Å². The number of furan rings is 1. The van der Waals surface area contributed by atoms with E-state index in [1.165, 1.54) is 6.26 Å². The van der Waals surface area contributed by atoms with Gasteiger partial charge in [0, 0.05) is 0 Å². The number of nitrogens with two attached hydrogens (primary N) is 2. The molecule has 0 fully saturated rings. The van der Waals surface area contributed by atoms with Crippen LogP contribution in [0.15, 0.2) is 16.7 Å². The third-order valence-electron chi connectivity index (χ3n) is 1.38. The number of anilines is 1. The van der Waals surface area contributed by atoms with E-state index in [2.05, 4.69) is 0 Å². The molecular formula is C7H9N3O. The molecular weight excluding hydrogens is 142 g/mol. The molecule has 4 nitrogen and oxygen atoms in total. The van der Waals surface area contributed by atoms with Crippen LogP contribution in [0.1, 0.15) is 18.2 Å². The van der Waals surface area contributed by atoms with Gasteiger partial charge < -0.3 is 15.9 Å². The zero-order valence-corrected chi connectivity index (χ0v) is 5.95. The summed E-state index contributed by atoms with van der Waals surface area (Å²) >= 11 is 0. The lowest BCUT2D eigenvalue weighted by molar-refractivity contribution is 0.471. The molecule has 0 saturated carbocycles. The van der Waals surface area contributed by atoms with Gasteiger partial charge in [0.05, 0.1) is 30.5 Å². The summed E-state index contributed by atoms with van der Waals surface area (Å²) in [6.07, 6.45) is 1.68. The number of nitrogens with zero attached hydrogens (tertiary/aromatic N) is 1. The molecule has 0 aliphatic carbocycles. The zero-order chi connectivity index (χ0) is 8.27. The van der Waals surface area contributed by atoms with Crippen molar-refractivity contribution in [1.29, 1.82) is 5.26 Å². The topological polar surface area (TPSA) is 89.0 Å². The average molecular weight is 151 g/mol. The smallest absolute Gasteiger partial charge is 0.144 e. The maximum absolute atomic E-state index is 8.31. The van der Waals surface area contributed by atoms with Gasteiger partial charge in [0.1, 0.15) is 5.76 Å². The first-order valence-corrected chi connectivity index (χ1v) is 3.21. The molecule has 1 atom stereocenters. The maximum Gasteiger partial charge on any atom is 0.144 e. The van der Waals surface area contributed by atoms with Crippen molar-refractivity contribution in [2.75, 3.05) is 5.73 Å². The van der Waals surface area contributed by atoms with E-state index in [0.717, 1.165) is 0 Å². The van der Waals surface area contributed by atoms with Crippen LogP contribution in [-0.2, 0) is 0 Å². The second-order valence-corrected chi connectivity index (χ2v) is 2.21. The summed E-state index contributed by atoms with van der Waals surface area (Å²) in [7, 11) is 0. The lowest BCUT2D eigenvalue weighted by Gasteiger charge is -2.03. The number of hydrogen-bond acceptors (Lipinski definition) is 4. The van der Waals surface area contributed by atoms with Gasteiger partial charge in [-0.05, 0) is 6.07 Å². The second-order valence-electron chi connectivity index (χ2n) is 2.21. The van der Waals surface area contributed by atoms with Crippen molar-refractivity contribution in [1.82, 2.24) is 0 Å². The molecule has 0 saturated heterocycles. The zero-order valence-electron chi connectivity index (χ0n) is 5.95. The number of nitriles is 1. The van der Waals surface area contributed by atoms with Crippen molar-refractivity contribution in [2.45, 2.75) is 12.5 Å². The van der Waals surface area contributed by atoms with E-state index in [-0.39, 0.29) is 6.42 Å². The van der Waals surface area contributed by atoms with Gasteiger partial charge in [0.2, 0.25) is 0 Å². The quantitative estimate of drug-likeness (QED) is 0.653. The maximum atomic E-state index is 8.31. The Kier molecular flexibility index (Phi) is 2.14. The molecule has 0 bridgehead atoms. The third-order valence-corrected chi connectivity index (χ3v) is 1.38. The molecule has 1 rings (SSSR count). The minimum Gasteiger partial charge on any atom is -0.465 e. The van der Waals surface area contributed by atoms with Crippen LogP contribution in [0, 0.1) is 11.3 Å². The van der Waals surface area contributed by atoms with Crippen LogP contribution in [0.4, 0.5) is 5.69 Å². The first-order chi connectivity index (χ1) is 5.25. The van der Waals surface area contributed by atoms with E-state index in [4.69, 9.17) is 21.1 Å². The van der Waals surface area contributed by atoms with Crippen molar-refractivity contribution in [2.24, 2.45) is 5.73 Å². The Balaban J connectivity index is 2.77. The van der Waals surface area contributed by atoms with Crippen LogP contribution in [0.3, 0.4) is 0 Å². The van der Waals surface area contributed by atoms with Crippen molar-refractivity contribution >= 4 is 5.69 Å². The summed E-state index contributed by atoms with van der Waals surface area (Å²) in [6.45, 7) is 0. The lowest BCUT2D eigenvalue weighted by Crippen LogP contribution is -2.09. The summed E-state index contributed by atoms with van der Waals surface area (Å²) in [5.41, 5.74) is 11.6. The van der Waals surface area contributed by atoms with Crippen LogP contribution in [-0.4, -0.2) is 0 Å². The molecule has 58 valence electrons. The fourth-order valence-electron chi connectivity index (χ4n) is 0.823. The number of hydrogen-bond donors (Lipinski definition) is 2. The molecule has 1 aromatic rings. The van der Waals surface area contributed by atoms with Crippen LogP contribution in [0.25, 0.3) is 0 Å². The average Bonchev–Trinajstić information content (AvgIpc) is 2.36. The van der Waals surface area contributed by atoms with E-state index < -0.39 is 6.04 Å². The Morgan fingerprint density at radius 1 is 1.73 bits per heavy atom. The molecule has 1 aromatic heterocycles. The molecule has 0 aliphatic rings. The summed E-state index contributed by atoms with van der Waals surface area (Å²) < 4.78 is 4.98. The summed E-state index contributed by atoms with van der Waals surface area (Å²) in [5.74, 6) is 0.492. The van der Waals surface area contributed by atoms with Crippen LogP contribution in [0.5, 0.6) is 0 Å². The monoisotopic (exact) mass is 151 g/mol. The lowest BCUT2D eigenvalue weighted by atomic mass is 10.2. The normalized spacial score (nSPS) is 12.4. The van der Waals surface area contributed by atoms with E-state index in [0.29, 0.717) is 11.4 Å². The van der Waals surface area contributed by atoms with E-state index in [1.807, 2.05) is 6.07 Å². The SMILES string of the molecule is N#CCC(N)c1occc1N. The van der Waals surface area contributed by atoms with Gasteiger partial charge in [-0.25, -0.2) is 0 Å². The van der Waals surface area contributed by atoms with Crippen LogP contribution < -0.4 is 11.5 Å². The standard InChI is InChI=1S/C7H9N3O/c8-3-1-5(9)7-6(10)2-4-11-7/h2,4-5H,1,9-10H2.